The second kappa shape index (κ2) is 7.34. The summed E-state index contributed by atoms with van der Waals surface area (Å²) in [6.07, 6.45) is 5.82. The molecule has 1 fully saturated rings. The Balaban J connectivity index is 2.27. The molecule has 0 spiro atoms. The number of likely N-dealkylation sites (tertiary alicyclic amines) is 1. The van der Waals surface area contributed by atoms with Gasteiger partial charge in [-0.2, -0.15) is 0 Å². The summed E-state index contributed by atoms with van der Waals surface area (Å²) in [5.41, 5.74) is -0.546. The van der Waals surface area contributed by atoms with E-state index >= 15 is 0 Å². The second-order valence-electron chi connectivity index (χ2n) is 5.70. The molecule has 1 rings (SSSR count). The van der Waals surface area contributed by atoms with Crippen molar-refractivity contribution in [3.05, 3.63) is 0 Å². The van der Waals surface area contributed by atoms with Crippen molar-refractivity contribution < 1.29 is 5.11 Å². The minimum absolute atomic E-state index is 0.546. The molecule has 0 aromatic carbocycles. The maximum atomic E-state index is 9.99. The molecule has 1 aliphatic heterocycles. The molecule has 0 amide bonds. The molecule has 0 saturated carbocycles. The molecule has 2 unspecified atom stereocenters. The molecule has 2 atom stereocenters. The van der Waals surface area contributed by atoms with Gasteiger partial charge >= 0.3 is 0 Å². The van der Waals surface area contributed by atoms with Gasteiger partial charge in [0.25, 0.3) is 0 Å². The Labute approximate surface area is 107 Å². The molecule has 0 aromatic heterocycles. The van der Waals surface area contributed by atoms with Crippen LogP contribution in [0.25, 0.3) is 0 Å². The number of hydrogen-bond donors (Lipinski definition) is 2. The fourth-order valence-corrected chi connectivity index (χ4v) is 2.39. The van der Waals surface area contributed by atoms with E-state index in [1.165, 1.54) is 45.3 Å². The van der Waals surface area contributed by atoms with E-state index in [0.717, 1.165) is 13.0 Å². The van der Waals surface area contributed by atoms with Gasteiger partial charge in [-0.3, -0.25) is 0 Å². The molecule has 3 heteroatoms. The van der Waals surface area contributed by atoms with Crippen molar-refractivity contribution in [2.45, 2.75) is 64.5 Å². The van der Waals surface area contributed by atoms with Crippen LogP contribution in [0.5, 0.6) is 0 Å². The molecular weight excluding hydrogens is 212 g/mol. The van der Waals surface area contributed by atoms with Crippen molar-refractivity contribution in [3.8, 4) is 0 Å². The zero-order valence-corrected chi connectivity index (χ0v) is 11.8. The van der Waals surface area contributed by atoms with E-state index in [-0.39, 0.29) is 0 Å². The van der Waals surface area contributed by atoms with Gasteiger partial charge in [0, 0.05) is 12.6 Å². The summed E-state index contributed by atoms with van der Waals surface area (Å²) in [5.74, 6) is 0. The summed E-state index contributed by atoms with van der Waals surface area (Å²) in [5, 5.41) is 13.5. The Morgan fingerprint density at radius 2 is 2.06 bits per heavy atom. The van der Waals surface area contributed by atoms with E-state index in [1.807, 2.05) is 13.8 Å². The van der Waals surface area contributed by atoms with Crippen molar-refractivity contribution >= 4 is 0 Å². The molecular formula is C14H30N2O. The monoisotopic (exact) mass is 242 g/mol. The predicted octanol–water partition coefficient (Wildman–Crippen LogP) is 2.00. The topological polar surface area (TPSA) is 35.5 Å². The van der Waals surface area contributed by atoms with Crippen LogP contribution in [0.2, 0.25) is 0 Å². The molecule has 2 N–H and O–H groups in total. The third-order valence-electron chi connectivity index (χ3n) is 3.89. The molecule has 17 heavy (non-hydrogen) atoms. The lowest BCUT2D eigenvalue weighted by Crippen LogP contribution is -2.42. The molecule has 0 aromatic rings. The molecule has 0 bridgehead atoms. The molecule has 1 saturated heterocycles. The Morgan fingerprint density at radius 3 is 2.71 bits per heavy atom. The van der Waals surface area contributed by atoms with Crippen molar-refractivity contribution in [3.63, 3.8) is 0 Å². The minimum Gasteiger partial charge on any atom is -0.389 e. The zero-order chi connectivity index (χ0) is 12.7. The number of nitrogens with one attached hydrogen (secondary N) is 1. The van der Waals surface area contributed by atoms with E-state index in [4.69, 9.17) is 0 Å². The molecule has 1 heterocycles. The zero-order valence-electron chi connectivity index (χ0n) is 11.8. The van der Waals surface area contributed by atoms with Crippen LogP contribution in [0.4, 0.5) is 0 Å². The van der Waals surface area contributed by atoms with Gasteiger partial charge in [-0.15, -0.1) is 0 Å². The van der Waals surface area contributed by atoms with Crippen molar-refractivity contribution in [1.82, 2.24) is 10.2 Å². The first-order valence-electron chi connectivity index (χ1n) is 7.25. The van der Waals surface area contributed by atoms with Crippen molar-refractivity contribution in [2.24, 2.45) is 0 Å². The van der Waals surface area contributed by atoms with Crippen LogP contribution in [0, 0.1) is 0 Å². The summed E-state index contributed by atoms with van der Waals surface area (Å²) in [7, 11) is 0. The molecule has 1 aliphatic rings. The van der Waals surface area contributed by atoms with E-state index in [0.29, 0.717) is 6.04 Å². The van der Waals surface area contributed by atoms with Crippen LogP contribution in [-0.4, -0.2) is 47.8 Å². The second-order valence-corrected chi connectivity index (χ2v) is 5.70. The average molecular weight is 242 g/mol. The first kappa shape index (κ1) is 14.9. The Kier molecular flexibility index (Phi) is 6.45. The van der Waals surface area contributed by atoms with Crippen LogP contribution >= 0.6 is 0 Å². The predicted molar refractivity (Wildman–Crippen MR) is 73.3 cm³/mol. The van der Waals surface area contributed by atoms with Crippen LogP contribution in [0.3, 0.4) is 0 Å². The quantitative estimate of drug-likeness (QED) is 0.748. The number of aliphatic hydroxyl groups is 1. The van der Waals surface area contributed by atoms with Gasteiger partial charge in [0.2, 0.25) is 0 Å². The smallest absolute Gasteiger partial charge is 0.0741 e. The Bertz CT molecular complexity index is 206. The highest BCUT2D eigenvalue weighted by Crippen LogP contribution is 2.13. The standard InChI is InChI=1S/C14H30N2O/c1-4-9-16-10-6-7-13(8-11-16)15-12-14(3,17)5-2/h13,15,17H,4-12H2,1-3H3. The van der Waals surface area contributed by atoms with E-state index in [1.54, 1.807) is 0 Å². The molecule has 0 radical (unpaired) electrons. The third-order valence-corrected chi connectivity index (χ3v) is 3.89. The lowest BCUT2D eigenvalue weighted by Gasteiger charge is -2.26. The van der Waals surface area contributed by atoms with Crippen molar-refractivity contribution in [1.29, 1.82) is 0 Å². The number of hydrogen-bond acceptors (Lipinski definition) is 3. The largest absolute Gasteiger partial charge is 0.389 e. The SMILES string of the molecule is CCCN1CCCC(NCC(C)(O)CC)CC1. The maximum absolute atomic E-state index is 9.99. The van der Waals surface area contributed by atoms with Gasteiger partial charge in [0.15, 0.2) is 0 Å². The molecule has 0 aliphatic carbocycles. The summed E-state index contributed by atoms with van der Waals surface area (Å²) in [4.78, 5) is 2.57. The summed E-state index contributed by atoms with van der Waals surface area (Å²) < 4.78 is 0. The number of rotatable bonds is 6. The number of nitrogens with zero attached hydrogens (tertiary/aromatic N) is 1. The summed E-state index contributed by atoms with van der Waals surface area (Å²) >= 11 is 0. The highest BCUT2D eigenvalue weighted by atomic mass is 16.3. The van der Waals surface area contributed by atoms with Gasteiger partial charge in [-0.25, -0.2) is 0 Å². The van der Waals surface area contributed by atoms with E-state index in [2.05, 4.69) is 17.1 Å². The third kappa shape index (κ3) is 5.84. The van der Waals surface area contributed by atoms with Crippen LogP contribution in [0.15, 0.2) is 0 Å². The van der Waals surface area contributed by atoms with Gasteiger partial charge < -0.3 is 15.3 Å². The highest BCUT2D eigenvalue weighted by molar-refractivity contribution is 4.80. The van der Waals surface area contributed by atoms with Crippen LogP contribution in [-0.2, 0) is 0 Å². The van der Waals surface area contributed by atoms with Gasteiger partial charge in [0.05, 0.1) is 5.60 Å². The Morgan fingerprint density at radius 1 is 1.29 bits per heavy atom. The molecule has 102 valence electrons. The van der Waals surface area contributed by atoms with Crippen LogP contribution in [0.1, 0.15) is 52.9 Å². The first-order valence-corrected chi connectivity index (χ1v) is 7.25. The fourth-order valence-electron chi connectivity index (χ4n) is 2.39. The highest BCUT2D eigenvalue weighted by Gasteiger charge is 2.21. The van der Waals surface area contributed by atoms with Gasteiger partial charge in [-0.1, -0.05) is 13.8 Å². The van der Waals surface area contributed by atoms with Crippen molar-refractivity contribution in [2.75, 3.05) is 26.2 Å². The maximum Gasteiger partial charge on any atom is 0.0741 e. The van der Waals surface area contributed by atoms with Crippen LogP contribution < -0.4 is 5.32 Å². The lowest BCUT2D eigenvalue weighted by molar-refractivity contribution is 0.0522. The van der Waals surface area contributed by atoms with E-state index in [9.17, 15) is 5.11 Å². The fraction of sp³-hybridized carbons (Fsp3) is 1.00. The first-order chi connectivity index (χ1) is 8.07. The summed E-state index contributed by atoms with van der Waals surface area (Å²) in [6.45, 7) is 10.6. The normalized spacial score (nSPS) is 26.5. The summed E-state index contributed by atoms with van der Waals surface area (Å²) in [6, 6.07) is 0.592. The van der Waals surface area contributed by atoms with Gasteiger partial charge in [0.1, 0.15) is 0 Å². The lowest BCUT2D eigenvalue weighted by atomic mass is 10.0. The minimum atomic E-state index is -0.546. The average Bonchev–Trinajstić information content (AvgIpc) is 2.53. The van der Waals surface area contributed by atoms with Gasteiger partial charge in [-0.05, 0) is 58.7 Å². The molecule has 3 nitrogen and oxygen atoms in total. The Hall–Kier alpha value is -0.120. The van der Waals surface area contributed by atoms with E-state index < -0.39 is 5.60 Å².